The van der Waals surface area contributed by atoms with Crippen LogP contribution in [0.1, 0.15) is 26.2 Å². The fourth-order valence-electron chi connectivity index (χ4n) is 1.18. The number of hydrogen-bond donors (Lipinski definition) is 1. The summed E-state index contributed by atoms with van der Waals surface area (Å²) < 4.78 is 4.85. The quantitative estimate of drug-likeness (QED) is 0.604. The summed E-state index contributed by atoms with van der Waals surface area (Å²) in [5.41, 5.74) is 0. The third-order valence-electron chi connectivity index (χ3n) is 1.76. The van der Waals surface area contributed by atoms with Gasteiger partial charge in [0.05, 0.1) is 0 Å². The summed E-state index contributed by atoms with van der Waals surface area (Å²) in [6.45, 7) is 2.41. The molecule has 1 fully saturated rings. The second-order valence-corrected chi connectivity index (χ2v) is 2.77. The number of nitrogens with one attached hydrogen (secondary N) is 1. The maximum Gasteiger partial charge on any atom is 0.306 e. The Labute approximate surface area is 71.3 Å². The molecule has 1 atom stereocenters. The first-order chi connectivity index (χ1) is 5.74. The Morgan fingerprint density at radius 3 is 3.08 bits per heavy atom. The summed E-state index contributed by atoms with van der Waals surface area (Å²) in [4.78, 5) is 21.9. The first kappa shape index (κ1) is 9.03. The van der Waals surface area contributed by atoms with Gasteiger partial charge in [0.2, 0.25) is 0 Å². The fraction of sp³-hybridized carbons (Fsp3) is 0.750. The lowest BCUT2D eigenvalue weighted by atomic mass is 10.1. The number of carbonyl (C=O) groups is 2. The molecule has 0 bridgehead atoms. The lowest BCUT2D eigenvalue weighted by molar-refractivity contribution is -0.160. The van der Waals surface area contributed by atoms with Gasteiger partial charge in [0.1, 0.15) is 0 Å². The Kier molecular flexibility index (Phi) is 3.08. The molecule has 1 heterocycles. The van der Waals surface area contributed by atoms with Crippen molar-refractivity contribution in [1.29, 1.82) is 0 Å². The number of rotatable bonds is 2. The molecule has 4 nitrogen and oxygen atoms in total. The van der Waals surface area contributed by atoms with Crippen LogP contribution in [-0.4, -0.2) is 24.5 Å². The van der Waals surface area contributed by atoms with Crippen LogP contribution in [0.5, 0.6) is 0 Å². The van der Waals surface area contributed by atoms with Crippen molar-refractivity contribution in [2.75, 3.05) is 6.54 Å². The van der Waals surface area contributed by atoms with Crippen molar-refractivity contribution in [2.24, 2.45) is 0 Å². The molecule has 0 aliphatic carbocycles. The minimum Gasteiger partial charge on any atom is -0.452 e. The van der Waals surface area contributed by atoms with E-state index in [0.717, 1.165) is 6.42 Å². The predicted octanol–water partition coefficient (Wildman–Crippen LogP) is 0.218. The summed E-state index contributed by atoms with van der Waals surface area (Å²) in [5.74, 6) is -0.442. The topological polar surface area (TPSA) is 55.4 Å². The molecule has 1 N–H and O–H groups in total. The molecule has 4 heteroatoms. The standard InChI is InChI=1S/C8H13NO3/c1-2-9-8(11)6-4-3-5-7(10)12-6/h6H,2-5H2,1H3,(H,9,11). The molecule has 1 saturated heterocycles. The fourth-order valence-corrected chi connectivity index (χ4v) is 1.18. The molecule has 1 aliphatic rings. The molecule has 12 heavy (non-hydrogen) atoms. The van der Waals surface area contributed by atoms with Crippen LogP contribution in [0.25, 0.3) is 0 Å². The SMILES string of the molecule is CCNC(=O)C1CCCC(=O)O1. The molecule has 1 unspecified atom stereocenters. The van der Waals surface area contributed by atoms with Crippen molar-refractivity contribution >= 4 is 11.9 Å². The number of likely N-dealkylation sites (N-methyl/N-ethyl adjacent to an activating group) is 1. The summed E-state index contributed by atoms with van der Waals surface area (Å²) in [7, 11) is 0. The van der Waals surface area contributed by atoms with Gasteiger partial charge in [0, 0.05) is 13.0 Å². The number of cyclic esters (lactones) is 1. The second kappa shape index (κ2) is 4.09. The largest absolute Gasteiger partial charge is 0.452 e. The second-order valence-electron chi connectivity index (χ2n) is 2.77. The number of hydrogen-bond acceptors (Lipinski definition) is 3. The van der Waals surface area contributed by atoms with Gasteiger partial charge in [-0.05, 0) is 19.8 Å². The smallest absolute Gasteiger partial charge is 0.306 e. The molecule has 1 aliphatic heterocycles. The van der Waals surface area contributed by atoms with Gasteiger partial charge in [-0.15, -0.1) is 0 Å². The zero-order valence-electron chi connectivity index (χ0n) is 7.13. The summed E-state index contributed by atoms with van der Waals surface area (Å²) in [6, 6.07) is 0. The summed E-state index contributed by atoms with van der Waals surface area (Å²) in [5, 5.41) is 2.62. The maximum atomic E-state index is 11.2. The number of ether oxygens (including phenoxy) is 1. The Balaban J connectivity index is 2.40. The molecular weight excluding hydrogens is 158 g/mol. The monoisotopic (exact) mass is 171 g/mol. The zero-order valence-corrected chi connectivity index (χ0v) is 7.13. The molecule has 0 aromatic rings. The van der Waals surface area contributed by atoms with E-state index in [2.05, 4.69) is 5.32 Å². The van der Waals surface area contributed by atoms with Crippen LogP contribution in [0.4, 0.5) is 0 Å². The summed E-state index contributed by atoms with van der Waals surface area (Å²) in [6.07, 6.45) is 1.29. The van der Waals surface area contributed by atoms with Crippen LogP contribution in [0.2, 0.25) is 0 Å². The Bertz CT molecular complexity index is 191. The molecule has 68 valence electrons. The Hall–Kier alpha value is -1.06. The van der Waals surface area contributed by atoms with Gasteiger partial charge in [-0.1, -0.05) is 0 Å². The molecule has 1 rings (SSSR count). The van der Waals surface area contributed by atoms with Gasteiger partial charge in [0.15, 0.2) is 6.10 Å². The minimum absolute atomic E-state index is 0.175. The predicted molar refractivity (Wildman–Crippen MR) is 42.4 cm³/mol. The highest BCUT2D eigenvalue weighted by atomic mass is 16.5. The highest BCUT2D eigenvalue weighted by Gasteiger charge is 2.25. The minimum atomic E-state index is -0.550. The van der Waals surface area contributed by atoms with Crippen LogP contribution < -0.4 is 5.32 Å². The molecule has 0 saturated carbocycles. The van der Waals surface area contributed by atoms with E-state index in [9.17, 15) is 9.59 Å². The third kappa shape index (κ3) is 2.22. The van der Waals surface area contributed by atoms with Crippen molar-refractivity contribution in [2.45, 2.75) is 32.3 Å². The van der Waals surface area contributed by atoms with Crippen molar-refractivity contribution < 1.29 is 14.3 Å². The van der Waals surface area contributed by atoms with Crippen molar-refractivity contribution in [3.8, 4) is 0 Å². The van der Waals surface area contributed by atoms with Gasteiger partial charge in [-0.2, -0.15) is 0 Å². The van der Waals surface area contributed by atoms with Crippen molar-refractivity contribution in [3.63, 3.8) is 0 Å². The van der Waals surface area contributed by atoms with E-state index < -0.39 is 6.10 Å². The highest BCUT2D eigenvalue weighted by molar-refractivity contribution is 5.84. The maximum absolute atomic E-state index is 11.2. The van der Waals surface area contributed by atoms with E-state index in [-0.39, 0.29) is 11.9 Å². The van der Waals surface area contributed by atoms with Crippen molar-refractivity contribution in [1.82, 2.24) is 5.32 Å². The van der Waals surface area contributed by atoms with E-state index in [1.165, 1.54) is 0 Å². The van der Waals surface area contributed by atoms with Gasteiger partial charge in [-0.25, -0.2) is 0 Å². The van der Waals surface area contributed by atoms with Gasteiger partial charge >= 0.3 is 5.97 Å². The number of esters is 1. The lowest BCUT2D eigenvalue weighted by Gasteiger charge is -2.20. The van der Waals surface area contributed by atoms with E-state index in [1.807, 2.05) is 6.92 Å². The molecule has 0 spiro atoms. The van der Waals surface area contributed by atoms with E-state index in [0.29, 0.717) is 19.4 Å². The van der Waals surface area contributed by atoms with Gasteiger partial charge in [0.25, 0.3) is 5.91 Å². The average Bonchev–Trinajstić information content (AvgIpc) is 2.05. The first-order valence-electron chi connectivity index (χ1n) is 4.21. The molecule has 0 radical (unpaired) electrons. The molecule has 0 aromatic carbocycles. The first-order valence-corrected chi connectivity index (χ1v) is 4.21. The number of carbonyl (C=O) groups excluding carboxylic acids is 2. The van der Waals surface area contributed by atoms with Crippen LogP contribution in [-0.2, 0) is 14.3 Å². The van der Waals surface area contributed by atoms with E-state index >= 15 is 0 Å². The normalized spacial score (nSPS) is 23.1. The lowest BCUT2D eigenvalue weighted by Crippen LogP contribution is -2.39. The number of amides is 1. The van der Waals surface area contributed by atoms with Crippen LogP contribution in [0, 0.1) is 0 Å². The highest BCUT2D eigenvalue weighted by Crippen LogP contribution is 2.13. The van der Waals surface area contributed by atoms with E-state index in [1.54, 1.807) is 0 Å². The van der Waals surface area contributed by atoms with Crippen molar-refractivity contribution in [3.05, 3.63) is 0 Å². The Morgan fingerprint density at radius 1 is 1.75 bits per heavy atom. The van der Waals surface area contributed by atoms with Crippen LogP contribution in [0.3, 0.4) is 0 Å². The average molecular weight is 171 g/mol. The van der Waals surface area contributed by atoms with Crippen LogP contribution in [0.15, 0.2) is 0 Å². The molecular formula is C8H13NO3. The van der Waals surface area contributed by atoms with E-state index in [4.69, 9.17) is 4.74 Å². The van der Waals surface area contributed by atoms with Crippen LogP contribution >= 0.6 is 0 Å². The Morgan fingerprint density at radius 2 is 2.50 bits per heavy atom. The van der Waals surface area contributed by atoms with Gasteiger partial charge in [-0.3, -0.25) is 9.59 Å². The molecule has 0 aromatic heterocycles. The summed E-state index contributed by atoms with van der Waals surface area (Å²) >= 11 is 0. The molecule has 1 amide bonds. The third-order valence-corrected chi connectivity index (χ3v) is 1.76. The van der Waals surface area contributed by atoms with Gasteiger partial charge < -0.3 is 10.1 Å². The zero-order chi connectivity index (χ0) is 8.97.